The highest BCUT2D eigenvalue weighted by atomic mass is 16.1. The van der Waals surface area contributed by atoms with Crippen LogP contribution < -0.4 is 11.1 Å². The van der Waals surface area contributed by atoms with Crippen LogP contribution in [0.5, 0.6) is 0 Å². The Hall–Kier alpha value is -1.45. The molecule has 1 fully saturated rings. The molecular weight excluding hydrogens is 190 g/mol. The zero-order chi connectivity index (χ0) is 10.8. The van der Waals surface area contributed by atoms with E-state index in [1.807, 2.05) is 17.7 Å². The van der Waals surface area contributed by atoms with Gasteiger partial charge in [-0.05, 0) is 32.3 Å². The third-order valence-electron chi connectivity index (χ3n) is 3.03. The Bertz CT molecular complexity index is 366. The van der Waals surface area contributed by atoms with E-state index in [9.17, 15) is 4.79 Å². The highest BCUT2D eigenvalue weighted by molar-refractivity contribution is 5.98. The van der Waals surface area contributed by atoms with Crippen molar-refractivity contribution in [2.75, 3.05) is 5.73 Å². The van der Waals surface area contributed by atoms with Gasteiger partial charge < -0.3 is 15.6 Å². The number of nitrogens with one attached hydrogen (secondary N) is 1. The van der Waals surface area contributed by atoms with Gasteiger partial charge in [-0.2, -0.15) is 0 Å². The second kappa shape index (κ2) is 3.96. The van der Waals surface area contributed by atoms with E-state index in [1.54, 1.807) is 6.07 Å². The van der Waals surface area contributed by atoms with Gasteiger partial charge in [-0.15, -0.1) is 0 Å². The number of nitrogens with zero attached hydrogens (tertiary/aromatic N) is 1. The maximum atomic E-state index is 11.8. The van der Waals surface area contributed by atoms with Crippen LogP contribution in [0, 0.1) is 0 Å². The zero-order valence-electron chi connectivity index (χ0n) is 8.99. The van der Waals surface area contributed by atoms with E-state index in [2.05, 4.69) is 5.32 Å². The molecular formula is C11H17N3O. The van der Waals surface area contributed by atoms with Crippen LogP contribution in [-0.4, -0.2) is 16.5 Å². The number of carbonyl (C=O) groups is 1. The molecule has 0 aliphatic heterocycles. The summed E-state index contributed by atoms with van der Waals surface area (Å²) in [5, 5.41) is 2.98. The Labute approximate surface area is 89.5 Å². The lowest BCUT2D eigenvalue weighted by molar-refractivity contribution is 0.0918. The molecule has 0 atom stereocenters. The highest BCUT2D eigenvalue weighted by Gasteiger charge is 2.21. The molecule has 1 amide bonds. The van der Waals surface area contributed by atoms with Crippen LogP contribution in [0.3, 0.4) is 0 Å². The maximum absolute atomic E-state index is 11.8. The normalized spacial score (nSPS) is 16.1. The number of hydrogen-bond donors (Lipinski definition) is 2. The Morgan fingerprint density at radius 2 is 2.40 bits per heavy atom. The number of aryl methyl sites for hydroxylation is 1. The van der Waals surface area contributed by atoms with Crippen LogP contribution in [-0.2, 0) is 6.54 Å². The molecule has 1 aromatic rings. The van der Waals surface area contributed by atoms with Gasteiger partial charge in [0.25, 0.3) is 5.91 Å². The first-order valence-corrected chi connectivity index (χ1v) is 5.48. The van der Waals surface area contributed by atoms with Crippen LogP contribution in [0.15, 0.2) is 12.3 Å². The largest absolute Gasteiger partial charge is 0.384 e. The van der Waals surface area contributed by atoms with Gasteiger partial charge in [-0.1, -0.05) is 0 Å². The second-order valence-corrected chi connectivity index (χ2v) is 4.00. The van der Waals surface area contributed by atoms with E-state index in [0.29, 0.717) is 17.4 Å². The van der Waals surface area contributed by atoms with Crippen molar-refractivity contribution in [3.8, 4) is 0 Å². The summed E-state index contributed by atoms with van der Waals surface area (Å²) in [4.78, 5) is 11.8. The molecule has 0 spiro atoms. The number of aromatic nitrogens is 1. The fraction of sp³-hybridized carbons (Fsp3) is 0.545. The number of rotatable bonds is 3. The lowest BCUT2D eigenvalue weighted by Gasteiger charge is -2.26. The van der Waals surface area contributed by atoms with Crippen LogP contribution in [0.25, 0.3) is 0 Å². The minimum atomic E-state index is -0.0376. The van der Waals surface area contributed by atoms with Gasteiger partial charge >= 0.3 is 0 Å². The topological polar surface area (TPSA) is 60.0 Å². The predicted octanol–water partition coefficient (Wildman–Crippen LogP) is 1.37. The van der Waals surface area contributed by atoms with Gasteiger partial charge in [0.2, 0.25) is 0 Å². The Balaban J connectivity index is 2.07. The molecule has 1 aliphatic rings. The first-order valence-electron chi connectivity index (χ1n) is 5.48. The molecule has 0 unspecified atom stereocenters. The highest BCUT2D eigenvalue weighted by Crippen LogP contribution is 2.20. The van der Waals surface area contributed by atoms with Crippen LogP contribution in [0.1, 0.15) is 36.5 Å². The van der Waals surface area contributed by atoms with Crippen molar-refractivity contribution in [1.82, 2.24) is 9.88 Å². The van der Waals surface area contributed by atoms with Crippen LogP contribution in [0.4, 0.5) is 5.82 Å². The zero-order valence-corrected chi connectivity index (χ0v) is 8.99. The standard InChI is InChI=1S/C11H17N3O/c1-2-14-7-6-9(10(14)12)11(15)13-8-4-3-5-8/h6-8H,2-5,12H2,1H3,(H,13,15). The summed E-state index contributed by atoms with van der Waals surface area (Å²) in [6.07, 6.45) is 5.27. The molecule has 2 rings (SSSR count). The number of carbonyl (C=O) groups excluding carboxylic acids is 1. The van der Waals surface area contributed by atoms with E-state index in [4.69, 9.17) is 5.73 Å². The van der Waals surface area contributed by atoms with Crippen molar-refractivity contribution in [3.05, 3.63) is 17.8 Å². The van der Waals surface area contributed by atoms with Crippen molar-refractivity contribution in [2.24, 2.45) is 0 Å². The molecule has 0 aromatic carbocycles. The van der Waals surface area contributed by atoms with Gasteiger partial charge in [0.1, 0.15) is 5.82 Å². The van der Waals surface area contributed by atoms with E-state index >= 15 is 0 Å². The van der Waals surface area contributed by atoms with Gasteiger partial charge in [-0.3, -0.25) is 4.79 Å². The maximum Gasteiger partial charge on any atom is 0.255 e. The van der Waals surface area contributed by atoms with Crippen molar-refractivity contribution in [2.45, 2.75) is 38.8 Å². The lowest BCUT2D eigenvalue weighted by atomic mass is 9.93. The summed E-state index contributed by atoms with van der Waals surface area (Å²) < 4.78 is 1.87. The molecule has 0 saturated heterocycles. The van der Waals surface area contributed by atoms with E-state index < -0.39 is 0 Å². The summed E-state index contributed by atoms with van der Waals surface area (Å²) >= 11 is 0. The molecule has 1 aliphatic carbocycles. The molecule has 1 aromatic heterocycles. The quantitative estimate of drug-likeness (QED) is 0.786. The Morgan fingerprint density at radius 1 is 1.67 bits per heavy atom. The molecule has 4 heteroatoms. The lowest BCUT2D eigenvalue weighted by Crippen LogP contribution is -2.39. The summed E-state index contributed by atoms with van der Waals surface area (Å²) in [5.74, 6) is 0.527. The Morgan fingerprint density at radius 3 is 2.87 bits per heavy atom. The molecule has 4 nitrogen and oxygen atoms in total. The number of nitrogens with two attached hydrogens (primary N) is 1. The summed E-state index contributed by atoms with van der Waals surface area (Å²) in [6, 6.07) is 2.15. The molecule has 82 valence electrons. The average Bonchev–Trinajstić information content (AvgIpc) is 2.53. The predicted molar refractivity (Wildman–Crippen MR) is 59.6 cm³/mol. The van der Waals surface area contributed by atoms with Crippen molar-refractivity contribution < 1.29 is 4.79 Å². The van der Waals surface area contributed by atoms with Crippen LogP contribution in [0.2, 0.25) is 0 Å². The minimum Gasteiger partial charge on any atom is -0.384 e. The number of nitrogen functional groups attached to an aromatic ring is 1. The summed E-state index contributed by atoms with van der Waals surface area (Å²) in [5.41, 5.74) is 6.45. The van der Waals surface area contributed by atoms with E-state index in [0.717, 1.165) is 19.4 Å². The second-order valence-electron chi connectivity index (χ2n) is 4.00. The molecule has 1 heterocycles. The Kier molecular flexibility index (Phi) is 2.66. The summed E-state index contributed by atoms with van der Waals surface area (Å²) in [7, 11) is 0. The number of anilines is 1. The third-order valence-corrected chi connectivity index (χ3v) is 3.03. The average molecular weight is 207 g/mol. The molecule has 1 saturated carbocycles. The van der Waals surface area contributed by atoms with E-state index in [-0.39, 0.29) is 5.91 Å². The first-order chi connectivity index (χ1) is 7.22. The third kappa shape index (κ3) is 1.84. The molecule has 15 heavy (non-hydrogen) atoms. The monoisotopic (exact) mass is 207 g/mol. The van der Waals surface area contributed by atoms with Crippen molar-refractivity contribution in [3.63, 3.8) is 0 Å². The fourth-order valence-corrected chi connectivity index (χ4v) is 1.77. The van der Waals surface area contributed by atoms with Gasteiger partial charge in [0.05, 0.1) is 5.56 Å². The van der Waals surface area contributed by atoms with Crippen molar-refractivity contribution in [1.29, 1.82) is 0 Å². The van der Waals surface area contributed by atoms with Gasteiger partial charge in [0.15, 0.2) is 0 Å². The van der Waals surface area contributed by atoms with Gasteiger partial charge in [0, 0.05) is 18.8 Å². The smallest absolute Gasteiger partial charge is 0.255 e. The minimum absolute atomic E-state index is 0.0376. The number of amides is 1. The first kappa shape index (κ1) is 10.1. The fourth-order valence-electron chi connectivity index (χ4n) is 1.77. The van der Waals surface area contributed by atoms with Crippen LogP contribution >= 0.6 is 0 Å². The molecule has 0 radical (unpaired) electrons. The van der Waals surface area contributed by atoms with Gasteiger partial charge in [-0.25, -0.2) is 0 Å². The van der Waals surface area contributed by atoms with Crippen molar-refractivity contribution >= 4 is 11.7 Å². The molecule has 0 bridgehead atoms. The SMILES string of the molecule is CCn1ccc(C(=O)NC2CCC2)c1N. The van der Waals surface area contributed by atoms with E-state index in [1.165, 1.54) is 6.42 Å². The number of hydrogen-bond acceptors (Lipinski definition) is 2. The molecule has 3 N–H and O–H groups in total. The summed E-state index contributed by atoms with van der Waals surface area (Å²) in [6.45, 7) is 2.80.